The van der Waals surface area contributed by atoms with Gasteiger partial charge in [0.05, 0.1) is 6.54 Å². The molecule has 0 spiro atoms. The molecule has 25 heavy (non-hydrogen) atoms. The number of thiophene rings is 1. The van der Waals surface area contributed by atoms with Crippen LogP contribution in [0.5, 0.6) is 0 Å². The lowest BCUT2D eigenvalue weighted by atomic mass is 10.0. The number of nitrogens with one attached hydrogen (secondary N) is 1. The molecule has 3 fully saturated rings. The van der Waals surface area contributed by atoms with Crippen LogP contribution in [0.25, 0.3) is 0 Å². The van der Waals surface area contributed by atoms with Crippen molar-refractivity contribution in [3.05, 3.63) is 21.9 Å². The summed E-state index contributed by atoms with van der Waals surface area (Å²) < 4.78 is 0. The summed E-state index contributed by atoms with van der Waals surface area (Å²) in [6.07, 6.45) is 10.1. The Hall–Kier alpha value is -1.07. The van der Waals surface area contributed by atoms with Crippen LogP contribution < -0.4 is 5.32 Å². The lowest BCUT2D eigenvalue weighted by molar-refractivity contribution is 0.132. The van der Waals surface area contributed by atoms with Gasteiger partial charge in [0, 0.05) is 29.5 Å². The molecule has 2 aliphatic carbocycles. The molecule has 2 amide bonds. The van der Waals surface area contributed by atoms with Crippen molar-refractivity contribution in [2.75, 3.05) is 13.1 Å². The van der Waals surface area contributed by atoms with E-state index in [-0.39, 0.29) is 6.03 Å². The smallest absolute Gasteiger partial charge is 0.318 e. The van der Waals surface area contributed by atoms with E-state index in [2.05, 4.69) is 33.5 Å². The first-order valence-corrected chi connectivity index (χ1v) is 10.9. The maximum absolute atomic E-state index is 13.0. The molecular formula is C20H31N3OS. The Morgan fingerprint density at radius 2 is 2.04 bits per heavy atom. The molecule has 1 N–H and O–H groups in total. The standard InChI is InChI=1S/C20H31N3OS/c1-15-10-12-25-19(15)14-23(18-8-9-18)20(24)21-16-5-4-11-22(13-16)17-6-2-3-7-17/h10,12,16-18H,2-9,11,13-14H2,1H3,(H,21,24)/t16-/m1/s1. The van der Waals surface area contributed by atoms with Crippen molar-refractivity contribution in [3.8, 4) is 0 Å². The molecule has 5 heteroatoms. The second-order valence-electron chi connectivity index (χ2n) is 8.11. The monoisotopic (exact) mass is 361 g/mol. The molecule has 3 aliphatic rings. The van der Waals surface area contributed by atoms with Crippen molar-refractivity contribution < 1.29 is 4.79 Å². The Labute approximate surface area is 155 Å². The van der Waals surface area contributed by atoms with Gasteiger partial charge >= 0.3 is 6.03 Å². The van der Waals surface area contributed by atoms with Crippen molar-refractivity contribution in [1.29, 1.82) is 0 Å². The molecule has 2 heterocycles. The number of urea groups is 1. The summed E-state index contributed by atoms with van der Waals surface area (Å²) in [5.41, 5.74) is 1.31. The molecular weight excluding hydrogens is 330 g/mol. The fraction of sp³-hybridized carbons (Fsp3) is 0.750. The largest absolute Gasteiger partial charge is 0.334 e. The average molecular weight is 362 g/mol. The second kappa shape index (κ2) is 7.67. The number of carbonyl (C=O) groups is 1. The SMILES string of the molecule is Cc1ccsc1CN(C(=O)N[C@@H]1CCCN(C2CCCC2)C1)C1CC1. The van der Waals surface area contributed by atoms with Gasteiger partial charge in [-0.1, -0.05) is 12.8 Å². The Kier molecular flexibility index (Phi) is 5.32. The number of amides is 2. The van der Waals surface area contributed by atoms with Gasteiger partial charge in [-0.15, -0.1) is 11.3 Å². The first-order valence-electron chi connectivity index (χ1n) is 10.0. The molecule has 138 valence electrons. The minimum Gasteiger partial charge on any atom is -0.334 e. The van der Waals surface area contributed by atoms with Gasteiger partial charge < -0.3 is 10.2 Å². The molecule has 0 aromatic carbocycles. The summed E-state index contributed by atoms with van der Waals surface area (Å²) in [6.45, 7) is 5.19. The highest BCUT2D eigenvalue weighted by Crippen LogP contribution is 2.31. The van der Waals surface area contributed by atoms with Crippen LogP contribution in [0.15, 0.2) is 11.4 Å². The maximum Gasteiger partial charge on any atom is 0.318 e. The number of hydrogen-bond donors (Lipinski definition) is 1. The van der Waals surface area contributed by atoms with E-state index in [1.54, 1.807) is 11.3 Å². The van der Waals surface area contributed by atoms with Crippen LogP contribution in [-0.2, 0) is 6.54 Å². The highest BCUT2D eigenvalue weighted by atomic mass is 32.1. The van der Waals surface area contributed by atoms with Crippen LogP contribution in [0.1, 0.15) is 61.8 Å². The first-order chi connectivity index (χ1) is 12.2. The summed E-state index contributed by atoms with van der Waals surface area (Å²) >= 11 is 1.77. The third kappa shape index (κ3) is 4.20. The summed E-state index contributed by atoms with van der Waals surface area (Å²) in [5.74, 6) is 0. The maximum atomic E-state index is 13.0. The van der Waals surface area contributed by atoms with Gasteiger partial charge in [0.25, 0.3) is 0 Å². The van der Waals surface area contributed by atoms with E-state index in [4.69, 9.17) is 0 Å². The van der Waals surface area contributed by atoms with Gasteiger partial charge in [0.15, 0.2) is 0 Å². The van der Waals surface area contributed by atoms with Crippen molar-refractivity contribution in [1.82, 2.24) is 15.1 Å². The van der Waals surface area contributed by atoms with Crippen molar-refractivity contribution in [3.63, 3.8) is 0 Å². The van der Waals surface area contributed by atoms with Crippen molar-refractivity contribution >= 4 is 17.4 Å². The highest BCUT2D eigenvalue weighted by Gasteiger charge is 2.35. The van der Waals surface area contributed by atoms with E-state index in [0.717, 1.165) is 38.4 Å². The molecule has 0 unspecified atom stereocenters. The molecule has 0 radical (unpaired) electrons. The average Bonchev–Trinajstić information content (AvgIpc) is 3.14. The summed E-state index contributed by atoms with van der Waals surface area (Å²) in [6, 6.07) is 3.87. The zero-order valence-corrected chi connectivity index (χ0v) is 16.2. The Morgan fingerprint density at radius 3 is 2.72 bits per heavy atom. The quantitative estimate of drug-likeness (QED) is 0.855. The van der Waals surface area contributed by atoms with Gasteiger partial charge in [-0.2, -0.15) is 0 Å². The normalized spacial score (nSPS) is 25.2. The predicted octanol–water partition coefficient (Wildman–Crippen LogP) is 4.14. The van der Waals surface area contributed by atoms with Gasteiger partial charge in [-0.05, 0) is 69.0 Å². The molecule has 1 aromatic rings. The highest BCUT2D eigenvalue weighted by molar-refractivity contribution is 7.10. The summed E-state index contributed by atoms with van der Waals surface area (Å²) in [4.78, 5) is 19.0. The van der Waals surface area contributed by atoms with Gasteiger partial charge in [0.2, 0.25) is 0 Å². The predicted molar refractivity (Wildman–Crippen MR) is 103 cm³/mol. The van der Waals surface area contributed by atoms with Crippen molar-refractivity contribution in [2.45, 2.75) is 83.0 Å². The minimum absolute atomic E-state index is 0.161. The van der Waals surface area contributed by atoms with Crippen LogP contribution in [0.4, 0.5) is 4.79 Å². The molecule has 2 saturated carbocycles. The molecule has 1 atom stereocenters. The third-order valence-electron chi connectivity index (χ3n) is 6.15. The van der Waals surface area contributed by atoms with E-state index in [1.807, 2.05) is 0 Å². The van der Waals surface area contributed by atoms with Gasteiger partial charge in [-0.25, -0.2) is 4.79 Å². The number of aryl methyl sites for hydroxylation is 1. The Bertz CT molecular complexity index is 592. The lowest BCUT2D eigenvalue weighted by Crippen LogP contribution is -2.53. The zero-order valence-electron chi connectivity index (χ0n) is 15.4. The van der Waals surface area contributed by atoms with Crippen LogP contribution in [-0.4, -0.2) is 47.0 Å². The molecule has 4 rings (SSSR count). The molecule has 1 aliphatic heterocycles. The van der Waals surface area contributed by atoms with Crippen LogP contribution in [0, 0.1) is 6.92 Å². The third-order valence-corrected chi connectivity index (χ3v) is 7.16. The first kappa shape index (κ1) is 17.3. The number of nitrogens with zero attached hydrogens (tertiary/aromatic N) is 2. The second-order valence-corrected chi connectivity index (χ2v) is 9.11. The Morgan fingerprint density at radius 1 is 1.24 bits per heavy atom. The van der Waals surface area contributed by atoms with E-state index in [0.29, 0.717) is 12.1 Å². The summed E-state index contributed by atoms with van der Waals surface area (Å²) in [7, 11) is 0. The van der Waals surface area contributed by atoms with Gasteiger partial charge in [-0.3, -0.25) is 4.90 Å². The fourth-order valence-electron chi connectivity index (χ4n) is 4.46. The van der Waals surface area contributed by atoms with Crippen molar-refractivity contribution in [2.24, 2.45) is 0 Å². The number of likely N-dealkylation sites (tertiary alicyclic amines) is 1. The number of rotatable bonds is 5. The van der Waals surface area contributed by atoms with E-state index < -0.39 is 0 Å². The van der Waals surface area contributed by atoms with Crippen LogP contribution >= 0.6 is 11.3 Å². The zero-order chi connectivity index (χ0) is 17.2. The van der Waals surface area contributed by atoms with Crippen LogP contribution in [0.2, 0.25) is 0 Å². The molecule has 0 bridgehead atoms. The van der Waals surface area contributed by atoms with Gasteiger partial charge in [0.1, 0.15) is 0 Å². The van der Waals surface area contributed by atoms with Crippen LogP contribution in [0.3, 0.4) is 0 Å². The summed E-state index contributed by atoms with van der Waals surface area (Å²) in [5, 5.41) is 5.51. The lowest BCUT2D eigenvalue weighted by Gasteiger charge is -2.38. The number of hydrogen-bond acceptors (Lipinski definition) is 3. The molecule has 4 nitrogen and oxygen atoms in total. The topological polar surface area (TPSA) is 35.6 Å². The van der Waals surface area contributed by atoms with E-state index >= 15 is 0 Å². The Balaban J connectivity index is 1.35. The number of piperidine rings is 1. The molecule has 1 saturated heterocycles. The van der Waals surface area contributed by atoms with E-state index in [9.17, 15) is 4.79 Å². The molecule has 1 aromatic heterocycles. The number of carbonyl (C=O) groups excluding carboxylic acids is 1. The van der Waals surface area contributed by atoms with E-state index in [1.165, 1.54) is 49.1 Å². The fourth-order valence-corrected chi connectivity index (χ4v) is 5.36. The minimum atomic E-state index is 0.161.